The number of hydrogen-bond acceptors (Lipinski definition) is 7. The third kappa shape index (κ3) is 6.40. The number of aryl methyl sites for hydroxylation is 2. The van der Waals surface area contributed by atoms with Crippen molar-refractivity contribution in [3.63, 3.8) is 0 Å². The van der Waals surface area contributed by atoms with E-state index in [9.17, 15) is 24.3 Å². The molecule has 0 bridgehead atoms. The summed E-state index contributed by atoms with van der Waals surface area (Å²) in [6.07, 6.45) is 2.43. The lowest BCUT2D eigenvalue weighted by atomic mass is 9.95. The molecule has 11 nitrogen and oxygen atoms in total. The molecule has 1 unspecified atom stereocenters. The van der Waals surface area contributed by atoms with Gasteiger partial charge in [0.15, 0.2) is 0 Å². The lowest BCUT2D eigenvalue weighted by Gasteiger charge is -2.38. The maximum Gasteiger partial charge on any atom is 0.341 e. The Labute approximate surface area is 264 Å². The van der Waals surface area contributed by atoms with Gasteiger partial charge in [0.25, 0.3) is 5.56 Å². The number of piperazine rings is 1. The summed E-state index contributed by atoms with van der Waals surface area (Å²) < 4.78 is 17.0. The van der Waals surface area contributed by atoms with E-state index in [-0.39, 0.29) is 29.5 Å². The predicted octanol–water partition coefficient (Wildman–Crippen LogP) is 4.27. The molecule has 2 fully saturated rings. The number of H-pyrrole nitrogens is 2. The number of fused-ring (bicyclic) bond motifs is 1. The Balaban J connectivity index is 1.28. The van der Waals surface area contributed by atoms with E-state index < -0.39 is 34.5 Å². The van der Waals surface area contributed by atoms with Crippen LogP contribution in [0.5, 0.6) is 0 Å². The number of hydrogen-bond donors (Lipinski definition) is 5. The summed E-state index contributed by atoms with van der Waals surface area (Å²) in [5.74, 6) is -1.64. The second kappa shape index (κ2) is 12.7. The number of aromatic amines is 2. The smallest absolute Gasteiger partial charge is 0.341 e. The Morgan fingerprint density at radius 2 is 1.87 bits per heavy atom. The molecule has 1 aliphatic carbocycles. The van der Waals surface area contributed by atoms with Gasteiger partial charge in [0.05, 0.1) is 5.52 Å². The summed E-state index contributed by atoms with van der Waals surface area (Å²) in [6, 6.07) is 9.67. The highest BCUT2D eigenvalue weighted by Gasteiger charge is 2.33. The Bertz CT molecular complexity index is 1960. The molecule has 1 saturated heterocycles. The molecule has 3 heterocycles. The van der Waals surface area contributed by atoms with E-state index in [0.29, 0.717) is 55.1 Å². The van der Waals surface area contributed by atoms with Gasteiger partial charge < -0.3 is 20.7 Å². The van der Waals surface area contributed by atoms with Crippen LogP contribution in [0.4, 0.5) is 15.9 Å². The highest BCUT2D eigenvalue weighted by Crippen LogP contribution is 2.41. The van der Waals surface area contributed by atoms with Gasteiger partial charge in [-0.15, -0.1) is 0 Å². The number of halogens is 1. The first-order valence-electron chi connectivity index (χ1n) is 15.8. The van der Waals surface area contributed by atoms with Gasteiger partial charge in [-0.1, -0.05) is 6.07 Å². The van der Waals surface area contributed by atoms with Gasteiger partial charge in [0.1, 0.15) is 17.2 Å². The second-order valence-electron chi connectivity index (χ2n) is 12.7. The van der Waals surface area contributed by atoms with Crippen molar-refractivity contribution < 1.29 is 14.3 Å². The Kier molecular flexibility index (Phi) is 8.67. The summed E-state index contributed by atoms with van der Waals surface area (Å²) in [7, 11) is 0. The Hall–Kier alpha value is -4.55. The number of rotatable bonds is 10. The van der Waals surface area contributed by atoms with E-state index in [1.807, 2.05) is 32.0 Å². The van der Waals surface area contributed by atoms with Crippen molar-refractivity contribution in [2.24, 2.45) is 0 Å². The lowest BCUT2D eigenvalue weighted by molar-refractivity contribution is 0.0694. The SMILES string of the molecule is Cc1ccc(Nc2cc(=O)n(CCC[C@H](c3cc4[nH]c(C5CC5)c(C(=O)O)c(=O)c4cc3F)N3CCNC(C)C3)c(=O)[nH]2)cc1C. The Morgan fingerprint density at radius 3 is 2.54 bits per heavy atom. The van der Waals surface area contributed by atoms with E-state index in [1.165, 1.54) is 6.07 Å². The lowest BCUT2D eigenvalue weighted by Crippen LogP contribution is -2.50. The first-order chi connectivity index (χ1) is 22.0. The van der Waals surface area contributed by atoms with Gasteiger partial charge >= 0.3 is 11.7 Å². The minimum Gasteiger partial charge on any atom is -0.477 e. The molecule has 1 aliphatic heterocycles. The standard InChI is InChI=1S/C34H39FN6O5/c1-18-6-9-22(13-19(18)2)37-28-16-29(42)41(34(46)39-28)11-4-5-27(40-12-10-36-20(3)17-40)23-15-26-24(14-25(23)35)32(43)30(33(44)45)31(38-26)21-7-8-21/h6,9,13-16,20-21,27,36-37H,4-5,7-8,10-12,17H2,1-3H3,(H,38,43)(H,39,46)(H,44,45)/t20?,27-/m1/s1. The summed E-state index contributed by atoms with van der Waals surface area (Å²) in [5.41, 5.74) is 2.16. The van der Waals surface area contributed by atoms with E-state index in [4.69, 9.17) is 0 Å². The third-order valence-electron chi connectivity index (χ3n) is 9.21. The number of carboxylic acids is 1. The molecular weight excluding hydrogens is 591 g/mol. The number of carbonyl (C=O) groups is 1. The van der Waals surface area contributed by atoms with Crippen LogP contribution in [0.15, 0.2) is 50.8 Å². The number of anilines is 2. The van der Waals surface area contributed by atoms with Gasteiger partial charge in [-0.05, 0) is 81.8 Å². The van der Waals surface area contributed by atoms with Crippen LogP contribution in [0.3, 0.4) is 0 Å². The molecular formula is C34H39FN6O5. The number of aromatic nitrogens is 3. The second-order valence-corrected chi connectivity index (χ2v) is 12.7. The molecule has 242 valence electrons. The fourth-order valence-corrected chi connectivity index (χ4v) is 6.49. The van der Waals surface area contributed by atoms with Crippen LogP contribution in [-0.4, -0.2) is 56.2 Å². The fraction of sp³-hybridized carbons (Fsp3) is 0.412. The normalized spacial score (nSPS) is 17.7. The minimum absolute atomic E-state index is 0.00284. The van der Waals surface area contributed by atoms with Gasteiger partial charge in [-0.3, -0.25) is 24.0 Å². The average Bonchev–Trinajstić information content (AvgIpc) is 3.84. The average molecular weight is 631 g/mol. The molecule has 12 heteroatoms. The first-order valence-corrected chi connectivity index (χ1v) is 15.8. The van der Waals surface area contributed by atoms with Crippen LogP contribution in [0.1, 0.15) is 77.3 Å². The fourth-order valence-electron chi connectivity index (χ4n) is 6.49. The number of nitrogens with one attached hydrogen (secondary N) is 4. The summed E-state index contributed by atoms with van der Waals surface area (Å²) >= 11 is 0. The largest absolute Gasteiger partial charge is 0.477 e. The van der Waals surface area contributed by atoms with Crippen LogP contribution in [0.25, 0.3) is 10.9 Å². The molecule has 5 N–H and O–H groups in total. The van der Waals surface area contributed by atoms with Crippen LogP contribution >= 0.6 is 0 Å². The molecule has 0 radical (unpaired) electrons. The highest BCUT2D eigenvalue weighted by atomic mass is 19.1. The maximum absolute atomic E-state index is 15.9. The topological polar surface area (TPSA) is 152 Å². The third-order valence-corrected chi connectivity index (χ3v) is 9.21. The van der Waals surface area contributed by atoms with Crippen LogP contribution < -0.4 is 27.3 Å². The van der Waals surface area contributed by atoms with E-state index in [1.54, 1.807) is 6.07 Å². The molecule has 0 spiro atoms. The molecule has 4 aromatic rings. The van der Waals surface area contributed by atoms with Crippen LogP contribution in [0.2, 0.25) is 0 Å². The van der Waals surface area contributed by atoms with Crippen molar-refractivity contribution in [3.8, 4) is 0 Å². The van der Waals surface area contributed by atoms with Crippen molar-refractivity contribution in [3.05, 3.63) is 101 Å². The maximum atomic E-state index is 15.9. The zero-order valence-corrected chi connectivity index (χ0v) is 26.2. The van der Waals surface area contributed by atoms with Crippen molar-refractivity contribution >= 4 is 28.4 Å². The number of aromatic carboxylic acids is 1. The molecule has 2 atom stereocenters. The van der Waals surface area contributed by atoms with Gasteiger partial charge in [-0.2, -0.15) is 0 Å². The van der Waals surface area contributed by atoms with Crippen molar-refractivity contribution in [1.29, 1.82) is 0 Å². The van der Waals surface area contributed by atoms with Crippen molar-refractivity contribution in [2.75, 3.05) is 25.0 Å². The molecule has 46 heavy (non-hydrogen) atoms. The summed E-state index contributed by atoms with van der Waals surface area (Å²) in [6.45, 7) is 8.21. The van der Waals surface area contributed by atoms with Crippen molar-refractivity contribution in [2.45, 2.75) is 71.0 Å². The first kappa shape index (κ1) is 31.4. The predicted molar refractivity (Wildman–Crippen MR) is 175 cm³/mol. The molecule has 2 aromatic heterocycles. The van der Waals surface area contributed by atoms with Crippen LogP contribution in [0, 0.1) is 19.7 Å². The van der Waals surface area contributed by atoms with E-state index >= 15 is 4.39 Å². The van der Waals surface area contributed by atoms with Gasteiger partial charge in [0, 0.05) is 72.6 Å². The summed E-state index contributed by atoms with van der Waals surface area (Å²) in [5, 5.41) is 16.2. The molecule has 2 aromatic carbocycles. The van der Waals surface area contributed by atoms with Crippen LogP contribution in [-0.2, 0) is 6.54 Å². The van der Waals surface area contributed by atoms with E-state index in [2.05, 4.69) is 32.4 Å². The number of carboxylic acid groups (broad SMARTS) is 1. The zero-order valence-electron chi connectivity index (χ0n) is 26.2. The van der Waals surface area contributed by atoms with Gasteiger partial charge in [0.2, 0.25) is 5.43 Å². The Morgan fingerprint density at radius 1 is 1.09 bits per heavy atom. The highest BCUT2D eigenvalue weighted by molar-refractivity contribution is 5.94. The van der Waals surface area contributed by atoms with E-state index in [0.717, 1.165) is 40.3 Å². The number of pyridine rings is 1. The van der Waals surface area contributed by atoms with Crippen molar-refractivity contribution in [1.82, 2.24) is 24.8 Å². The summed E-state index contributed by atoms with van der Waals surface area (Å²) in [4.78, 5) is 59.2. The number of benzene rings is 2. The molecule has 1 saturated carbocycles. The molecule has 6 rings (SSSR count). The quantitative estimate of drug-likeness (QED) is 0.174. The minimum atomic E-state index is -1.32. The zero-order chi connectivity index (χ0) is 32.7. The monoisotopic (exact) mass is 630 g/mol. The molecule has 0 amide bonds. The number of nitrogens with zero attached hydrogens (tertiary/aromatic N) is 2. The molecule has 2 aliphatic rings. The van der Waals surface area contributed by atoms with Gasteiger partial charge in [-0.25, -0.2) is 14.0 Å².